The number of alkyl halides is 3. The van der Waals surface area contributed by atoms with E-state index in [2.05, 4.69) is 5.32 Å². The SMILES string of the molecule is O=C(CN(C1CCCCC1)S(=O)(=O)c1ccccc1C(F)(F)F)NCc1ccccc1. The van der Waals surface area contributed by atoms with Gasteiger partial charge in [0.1, 0.15) is 0 Å². The van der Waals surface area contributed by atoms with Crippen molar-refractivity contribution in [2.24, 2.45) is 0 Å². The molecule has 9 heteroatoms. The highest BCUT2D eigenvalue weighted by molar-refractivity contribution is 7.89. The monoisotopic (exact) mass is 454 g/mol. The first-order chi connectivity index (χ1) is 14.7. The van der Waals surface area contributed by atoms with Crippen LogP contribution in [0.1, 0.15) is 43.2 Å². The Morgan fingerprint density at radius 3 is 2.23 bits per heavy atom. The maximum atomic E-state index is 13.5. The van der Waals surface area contributed by atoms with Crippen LogP contribution in [0.3, 0.4) is 0 Å². The van der Waals surface area contributed by atoms with Crippen molar-refractivity contribution in [3.05, 3.63) is 65.7 Å². The van der Waals surface area contributed by atoms with Gasteiger partial charge in [-0.2, -0.15) is 17.5 Å². The summed E-state index contributed by atoms with van der Waals surface area (Å²) in [6.07, 6.45) is -1.33. The molecule has 1 N–H and O–H groups in total. The molecule has 0 heterocycles. The molecule has 0 radical (unpaired) electrons. The maximum absolute atomic E-state index is 13.5. The van der Waals surface area contributed by atoms with Crippen molar-refractivity contribution in [1.29, 1.82) is 0 Å². The lowest BCUT2D eigenvalue weighted by Gasteiger charge is -2.33. The average Bonchev–Trinajstić information content (AvgIpc) is 2.76. The normalized spacial score (nSPS) is 15.7. The molecule has 168 valence electrons. The second kappa shape index (κ2) is 9.82. The third-order valence-electron chi connectivity index (χ3n) is 5.39. The van der Waals surface area contributed by atoms with Crippen molar-refractivity contribution in [3.8, 4) is 0 Å². The summed E-state index contributed by atoms with van der Waals surface area (Å²) in [4.78, 5) is 11.8. The van der Waals surface area contributed by atoms with E-state index in [1.54, 1.807) is 0 Å². The maximum Gasteiger partial charge on any atom is 0.417 e. The van der Waals surface area contributed by atoms with E-state index in [0.29, 0.717) is 12.8 Å². The number of carbonyl (C=O) groups excluding carboxylic acids is 1. The van der Waals surface area contributed by atoms with Gasteiger partial charge in [0.2, 0.25) is 15.9 Å². The smallest absolute Gasteiger partial charge is 0.351 e. The zero-order valence-corrected chi connectivity index (χ0v) is 17.8. The summed E-state index contributed by atoms with van der Waals surface area (Å²) in [7, 11) is -4.54. The van der Waals surface area contributed by atoms with Crippen molar-refractivity contribution >= 4 is 15.9 Å². The Bertz CT molecular complexity index is 989. The van der Waals surface area contributed by atoms with Gasteiger partial charge in [-0.3, -0.25) is 4.79 Å². The molecule has 5 nitrogen and oxygen atoms in total. The van der Waals surface area contributed by atoms with Gasteiger partial charge < -0.3 is 5.32 Å². The molecular weight excluding hydrogens is 429 g/mol. The fraction of sp³-hybridized carbons (Fsp3) is 0.409. The lowest BCUT2D eigenvalue weighted by molar-refractivity contribution is -0.139. The number of hydrogen-bond donors (Lipinski definition) is 1. The number of benzene rings is 2. The number of carbonyl (C=O) groups is 1. The second-order valence-corrected chi connectivity index (χ2v) is 9.46. The van der Waals surface area contributed by atoms with Crippen LogP contribution in [0.25, 0.3) is 0 Å². The zero-order chi connectivity index (χ0) is 22.5. The Balaban J connectivity index is 1.87. The highest BCUT2D eigenvalue weighted by Gasteiger charge is 2.41. The number of amides is 1. The van der Waals surface area contributed by atoms with E-state index in [-0.39, 0.29) is 6.54 Å². The van der Waals surface area contributed by atoms with Crippen LogP contribution in [0.5, 0.6) is 0 Å². The van der Waals surface area contributed by atoms with Gasteiger partial charge in [0.05, 0.1) is 17.0 Å². The fourth-order valence-corrected chi connectivity index (χ4v) is 5.68. The van der Waals surface area contributed by atoms with Gasteiger partial charge in [0.25, 0.3) is 0 Å². The first-order valence-electron chi connectivity index (χ1n) is 10.2. The lowest BCUT2D eigenvalue weighted by atomic mass is 9.95. The molecule has 0 atom stereocenters. The molecule has 0 spiro atoms. The van der Waals surface area contributed by atoms with Crippen LogP contribution in [-0.4, -0.2) is 31.2 Å². The average molecular weight is 455 g/mol. The summed E-state index contributed by atoms with van der Waals surface area (Å²) < 4.78 is 68.1. The summed E-state index contributed by atoms with van der Waals surface area (Å²) in [5.74, 6) is -0.553. The van der Waals surface area contributed by atoms with Crippen LogP contribution in [0.4, 0.5) is 13.2 Å². The first-order valence-corrected chi connectivity index (χ1v) is 11.6. The number of hydrogen-bond acceptors (Lipinski definition) is 3. The Kier molecular flexibility index (Phi) is 7.38. The number of sulfonamides is 1. The van der Waals surface area contributed by atoms with Gasteiger partial charge in [-0.25, -0.2) is 8.42 Å². The Morgan fingerprint density at radius 1 is 0.968 bits per heavy atom. The highest BCUT2D eigenvalue weighted by atomic mass is 32.2. The van der Waals surface area contributed by atoms with Gasteiger partial charge in [-0.15, -0.1) is 0 Å². The summed E-state index contributed by atoms with van der Waals surface area (Å²) in [6.45, 7) is -0.316. The molecule has 0 bridgehead atoms. The van der Waals surface area contributed by atoms with Gasteiger partial charge in [-0.1, -0.05) is 61.7 Å². The van der Waals surface area contributed by atoms with Crippen LogP contribution in [0, 0.1) is 0 Å². The van der Waals surface area contributed by atoms with E-state index in [1.807, 2.05) is 30.3 Å². The van der Waals surface area contributed by atoms with Crippen molar-refractivity contribution in [3.63, 3.8) is 0 Å². The minimum Gasteiger partial charge on any atom is -0.351 e. The number of nitrogens with one attached hydrogen (secondary N) is 1. The van der Waals surface area contributed by atoms with E-state index >= 15 is 0 Å². The molecule has 1 fully saturated rings. The predicted molar refractivity (Wildman–Crippen MR) is 110 cm³/mol. The van der Waals surface area contributed by atoms with Crippen molar-refractivity contribution in [2.75, 3.05) is 6.54 Å². The predicted octanol–water partition coefficient (Wildman–Crippen LogP) is 4.35. The van der Waals surface area contributed by atoms with Crippen LogP contribution >= 0.6 is 0 Å². The first kappa shape index (κ1) is 23.3. The van der Waals surface area contributed by atoms with Gasteiger partial charge in [0.15, 0.2) is 0 Å². The topological polar surface area (TPSA) is 66.5 Å². The van der Waals surface area contributed by atoms with E-state index in [1.165, 1.54) is 6.07 Å². The lowest BCUT2D eigenvalue weighted by Crippen LogP contribution is -2.47. The Morgan fingerprint density at radius 2 is 1.58 bits per heavy atom. The molecule has 1 amide bonds. The number of rotatable bonds is 7. The van der Waals surface area contributed by atoms with Gasteiger partial charge in [-0.05, 0) is 30.5 Å². The molecular formula is C22H25F3N2O3S. The highest BCUT2D eigenvalue weighted by Crippen LogP contribution is 2.36. The van der Waals surface area contributed by atoms with Crippen LogP contribution < -0.4 is 5.32 Å². The zero-order valence-electron chi connectivity index (χ0n) is 16.9. The summed E-state index contributed by atoms with van der Waals surface area (Å²) in [6, 6.07) is 12.7. The molecule has 0 saturated heterocycles. The van der Waals surface area contributed by atoms with Gasteiger partial charge >= 0.3 is 6.18 Å². The van der Waals surface area contributed by atoms with Crippen molar-refractivity contribution < 1.29 is 26.4 Å². The van der Waals surface area contributed by atoms with Gasteiger partial charge in [0, 0.05) is 12.6 Å². The molecule has 3 rings (SSSR count). The molecule has 1 aliphatic rings. The molecule has 1 aliphatic carbocycles. The number of halogens is 3. The minimum absolute atomic E-state index is 0.206. The molecule has 2 aromatic carbocycles. The summed E-state index contributed by atoms with van der Waals surface area (Å²) in [5.41, 5.74) is -0.383. The molecule has 0 aliphatic heterocycles. The minimum atomic E-state index is -4.82. The largest absolute Gasteiger partial charge is 0.417 e. The molecule has 0 aromatic heterocycles. The summed E-state index contributed by atoms with van der Waals surface area (Å²) >= 11 is 0. The Hall–Kier alpha value is -2.39. The van der Waals surface area contributed by atoms with E-state index in [9.17, 15) is 26.4 Å². The quantitative estimate of drug-likeness (QED) is 0.677. The van der Waals surface area contributed by atoms with Crippen molar-refractivity contribution in [1.82, 2.24) is 9.62 Å². The van der Waals surface area contributed by atoms with E-state index in [4.69, 9.17) is 0 Å². The summed E-state index contributed by atoms with van der Waals surface area (Å²) in [5, 5.41) is 2.67. The Labute approximate surface area is 180 Å². The third kappa shape index (κ3) is 5.86. The molecule has 2 aromatic rings. The standard InChI is InChI=1S/C22H25F3N2O3S/c23-22(24,25)19-13-7-8-14-20(19)31(29,30)27(18-11-5-2-6-12-18)16-21(28)26-15-17-9-3-1-4-10-17/h1,3-4,7-10,13-14,18H,2,5-6,11-12,15-16H2,(H,26,28). The molecule has 0 unspecified atom stereocenters. The third-order valence-corrected chi connectivity index (χ3v) is 7.35. The van der Waals surface area contributed by atoms with Crippen molar-refractivity contribution in [2.45, 2.75) is 55.8 Å². The molecule has 1 saturated carbocycles. The van der Waals surface area contributed by atoms with Crippen LogP contribution in [-0.2, 0) is 27.5 Å². The number of nitrogens with zero attached hydrogens (tertiary/aromatic N) is 1. The van der Waals surface area contributed by atoms with Crippen LogP contribution in [0.15, 0.2) is 59.5 Å². The van der Waals surface area contributed by atoms with Crippen LogP contribution in [0.2, 0.25) is 0 Å². The van der Waals surface area contributed by atoms with E-state index in [0.717, 1.165) is 47.3 Å². The second-order valence-electron chi connectivity index (χ2n) is 7.60. The molecule has 31 heavy (non-hydrogen) atoms. The van der Waals surface area contributed by atoms with E-state index < -0.39 is 45.2 Å². The fourth-order valence-electron chi connectivity index (χ4n) is 3.83.